The van der Waals surface area contributed by atoms with E-state index in [1.54, 1.807) is 11.3 Å². The van der Waals surface area contributed by atoms with Crippen LogP contribution in [0.3, 0.4) is 0 Å². The molecule has 1 N–H and O–H groups in total. The maximum absolute atomic E-state index is 5.73. The summed E-state index contributed by atoms with van der Waals surface area (Å²) in [6, 6.07) is 0. The Bertz CT molecular complexity index is 364. The lowest BCUT2D eigenvalue weighted by Gasteiger charge is -2.14. The fraction of sp³-hybridized carbons (Fsp3) is 0.786. The molecule has 4 heteroatoms. The Kier molecular flexibility index (Phi) is 4.76. The van der Waals surface area contributed by atoms with Crippen LogP contribution in [0.4, 0.5) is 0 Å². The Morgan fingerprint density at radius 3 is 2.94 bits per heavy atom. The molecule has 2 heterocycles. The normalized spacial score (nSPS) is 20.5. The number of ether oxygens (including phenoxy) is 1. The molecule has 1 aromatic rings. The first-order chi connectivity index (χ1) is 8.55. The van der Waals surface area contributed by atoms with Crippen LogP contribution in [0.25, 0.3) is 0 Å². The fourth-order valence-electron chi connectivity index (χ4n) is 2.09. The molecule has 3 nitrogen and oxygen atoms in total. The van der Waals surface area contributed by atoms with Crippen LogP contribution in [-0.2, 0) is 16.8 Å². The zero-order valence-electron chi connectivity index (χ0n) is 11.7. The van der Waals surface area contributed by atoms with Crippen molar-refractivity contribution in [3.8, 4) is 0 Å². The van der Waals surface area contributed by atoms with Gasteiger partial charge in [-0.2, -0.15) is 0 Å². The van der Waals surface area contributed by atoms with Gasteiger partial charge in [0.15, 0.2) is 0 Å². The molecular formula is C14H24N2OS. The quantitative estimate of drug-likeness (QED) is 0.834. The molecule has 1 unspecified atom stereocenters. The molecule has 0 radical (unpaired) electrons. The Balaban J connectivity index is 1.68. The van der Waals surface area contributed by atoms with Crippen molar-refractivity contribution in [1.29, 1.82) is 0 Å². The number of rotatable bonds is 5. The third kappa shape index (κ3) is 4.04. The van der Waals surface area contributed by atoms with Gasteiger partial charge in [0.05, 0.1) is 12.3 Å². The van der Waals surface area contributed by atoms with Gasteiger partial charge in [-0.05, 0) is 31.8 Å². The summed E-state index contributed by atoms with van der Waals surface area (Å²) in [5, 5.41) is 6.64. The molecule has 1 atom stereocenters. The van der Waals surface area contributed by atoms with Gasteiger partial charge in [0.1, 0.15) is 5.01 Å². The van der Waals surface area contributed by atoms with Crippen LogP contribution in [-0.4, -0.2) is 24.7 Å². The summed E-state index contributed by atoms with van der Waals surface area (Å²) >= 11 is 1.71. The number of hydrogen-bond donors (Lipinski definition) is 1. The van der Waals surface area contributed by atoms with E-state index < -0.39 is 0 Å². The molecule has 102 valence electrons. The van der Waals surface area contributed by atoms with Crippen LogP contribution in [0.5, 0.6) is 0 Å². The number of nitrogens with one attached hydrogen (secondary N) is 1. The first kappa shape index (κ1) is 14.0. The highest BCUT2D eigenvalue weighted by Gasteiger charge is 2.17. The lowest BCUT2D eigenvalue weighted by molar-refractivity contribution is 0.109. The Hall–Kier alpha value is -0.450. The van der Waals surface area contributed by atoms with Crippen molar-refractivity contribution in [1.82, 2.24) is 10.3 Å². The van der Waals surface area contributed by atoms with E-state index in [2.05, 4.69) is 36.5 Å². The zero-order chi connectivity index (χ0) is 13.0. The molecule has 0 spiro atoms. The fourth-order valence-corrected chi connectivity index (χ4v) is 3.05. The molecule has 0 amide bonds. The first-order valence-corrected chi connectivity index (χ1v) is 7.67. The SMILES string of the molecule is CC(C)(C)c1csc(COCCC2CCNC2)n1. The van der Waals surface area contributed by atoms with Crippen LogP contribution in [0.1, 0.15) is 44.3 Å². The minimum absolute atomic E-state index is 0.143. The molecule has 0 saturated carbocycles. The summed E-state index contributed by atoms with van der Waals surface area (Å²) in [7, 11) is 0. The lowest BCUT2D eigenvalue weighted by atomic mass is 9.93. The highest BCUT2D eigenvalue weighted by atomic mass is 32.1. The predicted molar refractivity (Wildman–Crippen MR) is 76.1 cm³/mol. The molecule has 0 aromatic carbocycles. The van der Waals surface area contributed by atoms with Crippen molar-refractivity contribution >= 4 is 11.3 Å². The number of nitrogens with zero attached hydrogens (tertiary/aromatic N) is 1. The van der Waals surface area contributed by atoms with Gasteiger partial charge in [-0.1, -0.05) is 20.8 Å². The Labute approximate surface area is 114 Å². The second-order valence-electron chi connectivity index (χ2n) is 6.08. The summed E-state index contributed by atoms with van der Waals surface area (Å²) in [4.78, 5) is 4.63. The number of thiazole rings is 1. The van der Waals surface area contributed by atoms with Crippen molar-refractivity contribution in [3.63, 3.8) is 0 Å². The second-order valence-corrected chi connectivity index (χ2v) is 7.02. The molecule has 1 aliphatic rings. The minimum Gasteiger partial charge on any atom is -0.374 e. The van der Waals surface area contributed by atoms with Gasteiger partial charge in [0.25, 0.3) is 0 Å². The molecule has 1 aliphatic heterocycles. The molecule has 1 fully saturated rings. The van der Waals surface area contributed by atoms with E-state index in [4.69, 9.17) is 4.74 Å². The molecule has 0 bridgehead atoms. The van der Waals surface area contributed by atoms with E-state index in [0.717, 1.165) is 24.1 Å². The van der Waals surface area contributed by atoms with E-state index in [9.17, 15) is 0 Å². The van der Waals surface area contributed by atoms with Gasteiger partial charge >= 0.3 is 0 Å². The summed E-state index contributed by atoms with van der Waals surface area (Å²) < 4.78 is 5.73. The average molecular weight is 268 g/mol. The van der Waals surface area contributed by atoms with Crippen LogP contribution in [0, 0.1) is 5.92 Å². The van der Waals surface area contributed by atoms with E-state index in [1.165, 1.54) is 25.1 Å². The van der Waals surface area contributed by atoms with E-state index in [0.29, 0.717) is 6.61 Å². The maximum atomic E-state index is 5.73. The Morgan fingerprint density at radius 2 is 2.33 bits per heavy atom. The molecule has 2 rings (SSSR count). The third-order valence-electron chi connectivity index (χ3n) is 3.38. The van der Waals surface area contributed by atoms with Gasteiger partial charge < -0.3 is 10.1 Å². The van der Waals surface area contributed by atoms with Crippen molar-refractivity contribution < 1.29 is 4.74 Å². The lowest BCUT2D eigenvalue weighted by Crippen LogP contribution is -2.12. The summed E-state index contributed by atoms with van der Waals surface area (Å²) in [6.07, 6.45) is 2.47. The largest absolute Gasteiger partial charge is 0.374 e. The molecule has 1 saturated heterocycles. The van der Waals surface area contributed by atoms with Gasteiger partial charge in [-0.3, -0.25) is 0 Å². The minimum atomic E-state index is 0.143. The number of hydrogen-bond acceptors (Lipinski definition) is 4. The van der Waals surface area contributed by atoms with Crippen molar-refractivity contribution in [3.05, 3.63) is 16.1 Å². The molecule has 0 aliphatic carbocycles. The summed E-state index contributed by atoms with van der Waals surface area (Å²) in [5.41, 5.74) is 1.32. The molecule has 18 heavy (non-hydrogen) atoms. The summed E-state index contributed by atoms with van der Waals surface area (Å²) in [6.45, 7) is 10.4. The first-order valence-electron chi connectivity index (χ1n) is 6.79. The van der Waals surface area contributed by atoms with Crippen molar-refractivity contribution in [2.45, 2.75) is 45.6 Å². The monoisotopic (exact) mass is 268 g/mol. The van der Waals surface area contributed by atoms with Crippen LogP contribution in [0.15, 0.2) is 5.38 Å². The molecular weight excluding hydrogens is 244 g/mol. The third-order valence-corrected chi connectivity index (χ3v) is 4.20. The zero-order valence-corrected chi connectivity index (χ0v) is 12.5. The maximum Gasteiger partial charge on any atom is 0.119 e. The summed E-state index contributed by atoms with van der Waals surface area (Å²) in [5.74, 6) is 0.812. The van der Waals surface area contributed by atoms with Crippen LogP contribution < -0.4 is 5.32 Å². The highest BCUT2D eigenvalue weighted by molar-refractivity contribution is 7.09. The second kappa shape index (κ2) is 6.13. The van der Waals surface area contributed by atoms with Gasteiger partial charge in [-0.25, -0.2) is 4.98 Å². The predicted octanol–water partition coefficient (Wildman–Crippen LogP) is 2.96. The number of aromatic nitrogens is 1. The average Bonchev–Trinajstić information content (AvgIpc) is 2.95. The van der Waals surface area contributed by atoms with Gasteiger partial charge in [-0.15, -0.1) is 11.3 Å². The van der Waals surface area contributed by atoms with Gasteiger partial charge in [0, 0.05) is 17.4 Å². The van der Waals surface area contributed by atoms with Crippen molar-refractivity contribution in [2.24, 2.45) is 5.92 Å². The van der Waals surface area contributed by atoms with Crippen LogP contribution >= 0.6 is 11.3 Å². The van der Waals surface area contributed by atoms with E-state index >= 15 is 0 Å². The highest BCUT2D eigenvalue weighted by Crippen LogP contribution is 2.24. The Morgan fingerprint density at radius 1 is 1.50 bits per heavy atom. The van der Waals surface area contributed by atoms with E-state index in [-0.39, 0.29) is 5.41 Å². The van der Waals surface area contributed by atoms with Gasteiger partial charge in [0.2, 0.25) is 0 Å². The van der Waals surface area contributed by atoms with Crippen LogP contribution in [0.2, 0.25) is 0 Å². The smallest absolute Gasteiger partial charge is 0.119 e. The van der Waals surface area contributed by atoms with Crippen molar-refractivity contribution in [2.75, 3.05) is 19.7 Å². The topological polar surface area (TPSA) is 34.1 Å². The van der Waals surface area contributed by atoms with E-state index in [1.807, 2.05) is 0 Å². The standard InChI is InChI=1S/C14H24N2OS/c1-14(2,3)12-10-18-13(16-12)9-17-7-5-11-4-6-15-8-11/h10-11,15H,4-9H2,1-3H3. The molecule has 1 aromatic heterocycles.